The molecule has 0 saturated heterocycles. The summed E-state index contributed by atoms with van der Waals surface area (Å²) in [5, 5.41) is 2.66. The lowest BCUT2D eigenvalue weighted by atomic mass is 10.0. The fourth-order valence-corrected chi connectivity index (χ4v) is 1.11. The Bertz CT molecular complexity index is 298. The van der Waals surface area contributed by atoms with E-state index in [1.807, 2.05) is 12.1 Å². The molecule has 2 heteroatoms. The van der Waals surface area contributed by atoms with Crippen molar-refractivity contribution in [3.05, 3.63) is 46.5 Å². The van der Waals surface area contributed by atoms with Gasteiger partial charge in [0.25, 0.3) is 0 Å². The third-order valence-electron chi connectivity index (χ3n) is 1.93. The van der Waals surface area contributed by atoms with E-state index in [2.05, 4.69) is 31.2 Å². The molecular weight excluding hydrogens is 162 g/mol. The molecule has 0 aliphatic heterocycles. The van der Waals surface area contributed by atoms with Crippen LogP contribution < -0.4 is 0 Å². The van der Waals surface area contributed by atoms with Gasteiger partial charge in [0, 0.05) is 0 Å². The van der Waals surface area contributed by atoms with Crippen LogP contribution in [0, 0.1) is 4.91 Å². The van der Waals surface area contributed by atoms with Crippen molar-refractivity contribution in [2.75, 3.05) is 0 Å². The maximum atomic E-state index is 9.82. The summed E-state index contributed by atoms with van der Waals surface area (Å²) in [4.78, 5) is 9.82. The molecule has 0 fully saturated rings. The van der Waals surface area contributed by atoms with E-state index < -0.39 is 0 Å². The number of hydrogen-bond acceptors (Lipinski definition) is 2. The fraction of sp³-hybridized carbons (Fsp3) is 0.273. The van der Waals surface area contributed by atoms with Crippen LogP contribution in [0.2, 0.25) is 0 Å². The van der Waals surface area contributed by atoms with Gasteiger partial charge in [-0.25, -0.2) is 0 Å². The van der Waals surface area contributed by atoms with Gasteiger partial charge < -0.3 is 0 Å². The van der Waals surface area contributed by atoms with Crippen LogP contribution in [0.5, 0.6) is 0 Å². The Balaban J connectivity index is 2.81. The second-order valence-corrected chi connectivity index (χ2v) is 3.24. The molecule has 0 spiro atoms. The quantitative estimate of drug-likeness (QED) is 0.646. The molecule has 0 atom stereocenters. The van der Waals surface area contributed by atoms with Crippen molar-refractivity contribution in [3.8, 4) is 0 Å². The highest BCUT2D eigenvalue weighted by molar-refractivity contribution is 5.49. The van der Waals surface area contributed by atoms with E-state index in [0.29, 0.717) is 5.92 Å². The van der Waals surface area contributed by atoms with Gasteiger partial charge in [-0.15, -0.1) is 4.91 Å². The molecule has 0 bridgehead atoms. The fourth-order valence-electron chi connectivity index (χ4n) is 1.11. The number of nitroso groups, excluding NO2 is 1. The van der Waals surface area contributed by atoms with E-state index in [4.69, 9.17) is 0 Å². The predicted molar refractivity (Wildman–Crippen MR) is 55.4 cm³/mol. The Morgan fingerprint density at radius 2 is 1.85 bits per heavy atom. The van der Waals surface area contributed by atoms with E-state index in [9.17, 15) is 4.91 Å². The molecule has 0 N–H and O–H groups in total. The summed E-state index contributed by atoms with van der Waals surface area (Å²) in [6.07, 6.45) is 2.95. The Labute approximate surface area is 78.3 Å². The van der Waals surface area contributed by atoms with Crippen LogP contribution in [0.25, 0.3) is 6.08 Å². The molecular formula is C11H13NO. The molecule has 1 aromatic rings. The molecule has 1 rings (SSSR count). The average molecular weight is 175 g/mol. The van der Waals surface area contributed by atoms with E-state index in [0.717, 1.165) is 5.56 Å². The first-order valence-electron chi connectivity index (χ1n) is 4.33. The molecule has 0 radical (unpaired) electrons. The summed E-state index contributed by atoms with van der Waals surface area (Å²) in [5.74, 6) is 0.544. The van der Waals surface area contributed by atoms with Crippen molar-refractivity contribution < 1.29 is 0 Å². The maximum Gasteiger partial charge on any atom is 0.0720 e. The largest absolute Gasteiger partial charge is 0.145 e. The second-order valence-electron chi connectivity index (χ2n) is 3.24. The summed E-state index contributed by atoms with van der Waals surface area (Å²) >= 11 is 0. The highest BCUT2D eigenvalue weighted by Gasteiger charge is 1.96. The highest BCUT2D eigenvalue weighted by Crippen LogP contribution is 2.15. The van der Waals surface area contributed by atoms with Crippen LogP contribution in [0.3, 0.4) is 0 Å². The summed E-state index contributed by atoms with van der Waals surface area (Å²) in [7, 11) is 0. The van der Waals surface area contributed by atoms with Gasteiger partial charge in [-0.05, 0) is 28.3 Å². The van der Waals surface area contributed by atoms with E-state index >= 15 is 0 Å². The van der Waals surface area contributed by atoms with Crippen molar-refractivity contribution in [1.82, 2.24) is 0 Å². The number of rotatable bonds is 3. The molecule has 0 unspecified atom stereocenters. The van der Waals surface area contributed by atoms with Crippen molar-refractivity contribution in [3.63, 3.8) is 0 Å². The van der Waals surface area contributed by atoms with Gasteiger partial charge in [-0.1, -0.05) is 38.1 Å². The highest BCUT2D eigenvalue weighted by atomic mass is 16.2. The third-order valence-corrected chi connectivity index (χ3v) is 1.93. The smallest absolute Gasteiger partial charge is 0.0720 e. The van der Waals surface area contributed by atoms with Crippen LogP contribution in [-0.2, 0) is 0 Å². The summed E-state index contributed by atoms with van der Waals surface area (Å²) in [6, 6.07) is 8.10. The third kappa shape index (κ3) is 2.82. The van der Waals surface area contributed by atoms with Gasteiger partial charge >= 0.3 is 0 Å². The van der Waals surface area contributed by atoms with Gasteiger partial charge in [0.15, 0.2) is 0 Å². The van der Waals surface area contributed by atoms with Gasteiger partial charge in [-0.2, -0.15) is 0 Å². The summed E-state index contributed by atoms with van der Waals surface area (Å²) in [6.45, 7) is 4.30. The van der Waals surface area contributed by atoms with Gasteiger partial charge in [0.05, 0.1) is 6.20 Å². The monoisotopic (exact) mass is 175 g/mol. The minimum atomic E-state index is 0.544. The van der Waals surface area contributed by atoms with Crippen LogP contribution in [0.4, 0.5) is 0 Å². The first-order valence-corrected chi connectivity index (χ1v) is 4.33. The topological polar surface area (TPSA) is 29.4 Å². The SMILES string of the molecule is CC(C)c1ccc(C=CN=O)cc1. The summed E-state index contributed by atoms with van der Waals surface area (Å²) in [5.41, 5.74) is 2.31. The number of benzene rings is 1. The molecule has 0 saturated carbocycles. The average Bonchev–Trinajstić information content (AvgIpc) is 2.15. The minimum Gasteiger partial charge on any atom is -0.145 e. The first kappa shape index (κ1) is 9.65. The minimum absolute atomic E-state index is 0.544. The van der Waals surface area contributed by atoms with Crippen LogP contribution in [0.1, 0.15) is 30.9 Å². The van der Waals surface area contributed by atoms with E-state index in [1.165, 1.54) is 11.8 Å². The van der Waals surface area contributed by atoms with Gasteiger partial charge in [0.2, 0.25) is 0 Å². The van der Waals surface area contributed by atoms with Gasteiger partial charge in [-0.3, -0.25) is 0 Å². The second kappa shape index (κ2) is 4.55. The predicted octanol–water partition coefficient (Wildman–Crippen LogP) is 3.55. The first-order chi connectivity index (χ1) is 6.24. The Morgan fingerprint density at radius 3 is 2.31 bits per heavy atom. The molecule has 0 amide bonds. The molecule has 0 aliphatic carbocycles. The number of hydrogen-bond donors (Lipinski definition) is 0. The van der Waals surface area contributed by atoms with Crippen molar-refractivity contribution in [1.29, 1.82) is 0 Å². The normalized spacial score (nSPS) is 11.0. The molecule has 0 aliphatic rings. The summed E-state index contributed by atoms with van der Waals surface area (Å²) < 4.78 is 0. The number of nitrogens with zero attached hydrogens (tertiary/aromatic N) is 1. The molecule has 0 heterocycles. The lowest BCUT2D eigenvalue weighted by Gasteiger charge is -2.04. The van der Waals surface area contributed by atoms with E-state index in [1.54, 1.807) is 6.08 Å². The molecule has 2 nitrogen and oxygen atoms in total. The van der Waals surface area contributed by atoms with Crippen LogP contribution in [-0.4, -0.2) is 0 Å². The molecule has 1 aromatic carbocycles. The lowest BCUT2D eigenvalue weighted by Crippen LogP contribution is -1.85. The lowest BCUT2D eigenvalue weighted by molar-refractivity contribution is 0.866. The zero-order valence-electron chi connectivity index (χ0n) is 7.90. The van der Waals surface area contributed by atoms with E-state index in [-0.39, 0.29) is 0 Å². The molecule has 13 heavy (non-hydrogen) atoms. The standard InChI is InChI=1S/C11H13NO/c1-9(2)11-5-3-10(4-6-11)7-8-12-13/h3-9H,1-2H3. The zero-order valence-corrected chi connectivity index (χ0v) is 7.90. The Morgan fingerprint density at radius 1 is 1.23 bits per heavy atom. The Kier molecular flexibility index (Phi) is 3.38. The van der Waals surface area contributed by atoms with Crippen molar-refractivity contribution >= 4 is 6.08 Å². The molecule has 68 valence electrons. The Hall–Kier alpha value is -1.44. The zero-order chi connectivity index (χ0) is 9.68. The van der Waals surface area contributed by atoms with Crippen molar-refractivity contribution in [2.24, 2.45) is 5.18 Å². The van der Waals surface area contributed by atoms with Crippen LogP contribution >= 0.6 is 0 Å². The van der Waals surface area contributed by atoms with Crippen molar-refractivity contribution in [2.45, 2.75) is 19.8 Å². The van der Waals surface area contributed by atoms with Gasteiger partial charge in [0.1, 0.15) is 0 Å². The molecule has 0 aromatic heterocycles. The van der Waals surface area contributed by atoms with Crippen LogP contribution in [0.15, 0.2) is 35.6 Å². The maximum absolute atomic E-state index is 9.82.